The topological polar surface area (TPSA) is 74.8 Å². The Labute approximate surface area is 162 Å². The molecule has 6 nitrogen and oxygen atoms in total. The zero-order chi connectivity index (χ0) is 19.5. The third kappa shape index (κ3) is 2.62. The first kappa shape index (κ1) is 18.2. The summed E-state index contributed by atoms with van der Waals surface area (Å²) in [5, 5.41) is 2.03. The monoisotopic (exact) mass is 404 g/mol. The number of hydrogen-bond donors (Lipinski definition) is 0. The summed E-state index contributed by atoms with van der Waals surface area (Å²) in [6.45, 7) is 5.88. The molecule has 0 spiro atoms. The van der Waals surface area contributed by atoms with Gasteiger partial charge in [0.05, 0.1) is 11.6 Å². The average molecular weight is 405 g/mol. The molecular weight excluding hydrogens is 384 g/mol. The van der Waals surface area contributed by atoms with Crippen LogP contribution in [0.5, 0.6) is 0 Å². The van der Waals surface area contributed by atoms with E-state index in [1.165, 1.54) is 17.0 Å². The minimum absolute atomic E-state index is 0.0637. The fraction of sp³-hybridized carbons (Fsp3) is 0.368. The molecule has 2 aliphatic rings. The summed E-state index contributed by atoms with van der Waals surface area (Å²) >= 11 is 1.70. The molecule has 27 heavy (non-hydrogen) atoms. The summed E-state index contributed by atoms with van der Waals surface area (Å²) in [5.41, 5.74) is 1.57. The van der Waals surface area contributed by atoms with E-state index in [0.29, 0.717) is 12.1 Å². The zero-order valence-electron chi connectivity index (χ0n) is 15.3. The van der Waals surface area contributed by atoms with Gasteiger partial charge in [-0.3, -0.25) is 9.59 Å². The molecule has 2 aromatic rings. The van der Waals surface area contributed by atoms with Gasteiger partial charge in [-0.15, -0.1) is 11.3 Å². The number of sulfonamides is 1. The molecule has 2 aliphatic heterocycles. The van der Waals surface area contributed by atoms with Crippen LogP contribution in [-0.4, -0.2) is 42.0 Å². The largest absolute Gasteiger partial charge is 0.331 e. The van der Waals surface area contributed by atoms with E-state index in [4.69, 9.17) is 0 Å². The van der Waals surface area contributed by atoms with Crippen LogP contribution in [0.15, 0.2) is 34.5 Å². The van der Waals surface area contributed by atoms with Gasteiger partial charge in [-0.05, 0) is 62.4 Å². The summed E-state index contributed by atoms with van der Waals surface area (Å²) < 4.78 is 26.4. The third-order valence-electron chi connectivity index (χ3n) is 5.20. The van der Waals surface area contributed by atoms with Crippen molar-refractivity contribution >= 4 is 33.2 Å². The maximum atomic E-state index is 13.1. The lowest BCUT2D eigenvalue weighted by atomic mass is 10.00. The molecule has 1 atom stereocenters. The molecule has 0 fully saturated rings. The molecule has 1 unspecified atom stereocenters. The highest BCUT2D eigenvalue weighted by molar-refractivity contribution is 7.90. The highest BCUT2D eigenvalue weighted by Gasteiger charge is 2.43. The number of rotatable bonds is 2. The molecule has 1 aromatic heterocycles. The second kappa shape index (κ2) is 6.17. The molecule has 0 saturated carbocycles. The summed E-state index contributed by atoms with van der Waals surface area (Å²) in [4.78, 5) is 28.5. The first-order valence-electron chi connectivity index (χ1n) is 8.83. The van der Waals surface area contributed by atoms with E-state index in [9.17, 15) is 18.0 Å². The van der Waals surface area contributed by atoms with Crippen molar-refractivity contribution in [2.24, 2.45) is 0 Å². The Bertz CT molecular complexity index is 1060. The second-order valence-corrected chi connectivity index (χ2v) is 9.92. The minimum atomic E-state index is -3.92. The van der Waals surface area contributed by atoms with E-state index in [-0.39, 0.29) is 22.4 Å². The third-order valence-corrected chi connectivity index (χ3v) is 8.20. The number of carbonyl (C=O) groups excluding carboxylic acids is 2. The van der Waals surface area contributed by atoms with E-state index in [1.807, 2.05) is 18.4 Å². The molecular formula is C19H20N2O4S2. The number of hydrogen-bond acceptors (Lipinski definition) is 5. The van der Waals surface area contributed by atoms with Crippen molar-refractivity contribution in [3.63, 3.8) is 0 Å². The van der Waals surface area contributed by atoms with Crippen LogP contribution in [0, 0.1) is 0 Å². The Morgan fingerprint density at radius 3 is 2.70 bits per heavy atom. The Morgan fingerprint density at radius 2 is 2.00 bits per heavy atom. The SMILES string of the molecule is CC1c2ccsc2CCN1C(=O)c1ccc2c(c1)S(=O)(=O)N(C(C)C)C2=O. The van der Waals surface area contributed by atoms with Crippen LogP contribution in [-0.2, 0) is 16.4 Å². The van der Waals surface area contributed by atoms with Crippen molar-refractivity contribution < 1.29 is 18.0 Å². The summed E-state index contributed by atoms with van der Waals surface area (Å²) in [6.07, 6.45) is 0.798. The lowest BCUT2D eigenvalue weighted by Gasteiger charge is -2.33. The Morgan fingerprint density at radius 1 is 1.26 bits per heavy atom. The molecule has 0 N–H and O–H groups in total. The second-order valence-electron chi connectivity index (χ2n) is 7.13. The average Bonchev–Trinajstić information content (AvgIpc) is 3.16. The standard InChI is InChI=1S/C19H20N2O4S2/c1-11(2)21-19(23)15-5-4-13(10-17(15)27(21,24)25)18(22)20-8-6-16-14(12(20)3)7-9-26-16/h4-5,7,9-12H,6,8H2,1-3H3. The zero-order valence-corrected chi connectivity index (χ0v) is 16.9. The smallest absolute Gasteiger partial charge is 0.269 e. The molecule has 142 valence electrons. The molecule has 4 rings (SSSR count). The number of fused-ring (bicyclic) bond motifs is 2. The van der Waals surface area contributed by atoms with Gasteiger partial charge in [0.1, 0.15) is 4.90 Å². The lowest BCUT2D eigenvalue weighted by Crippen LogP contribution is -2.38. The van der Waals surface area contributed by atoms with Gasteiger partial charge in [-0.25, -0.2) is 12.7 Å². The van der Waals surface area contributed by atoms with Crippen LogP contribution in [0.4, 0.5) is 0 Å². The highest BCUT2D eigenvalue weighted by atomic mass is 32.2. The van der Waals surface area contributed by atoms with Crippen molar-refractivity contribution in [2.45, 2.75) is 44.2 Å². The van der Waals surface area contributed by atoms with Crippen LogP contribution >= 0.6 is 11.3 Å². The van der Waals surface area contributed by atoms with Gasteiger partial charge in [0.25, 0.3) is 21.8 Å². The van der Waals surface area contributed by atoms with E-state index < -0.39 is 22.0 Å². The van der Waals surface area contributed by atoms with E-state index in [2.05, 4.69) is 0 Å². The van der Waals surface area contributed by atoms with Crippen LogP contribution in [0.3, 0.4) is 0 Å². The molecule has 2 amide bonds. The van der Waals surface area contributed by atoms with Gasteiger partial charge in [-0.2, -0.15) is 0 Å². The summed E-state index contributed by atoms with van der Waals surface area (Å²) in [6, 6.07) is 5.85. The van der Waals surface area contributed by atoms with Crippen molar-refractivity contribution in [2.75, 3.05) is 6.54 Å². The molecule has 0 radical (unpaired) electrons. The van der Waals surface area contributed by atoms with Gasteiger partial charge < -0.3 is 4.90 Å². The maximum absolute atomic E-state index is 13.1. The number of carbonyl (C=O) groups is 2. The number of benzene rings is 1. The molecule has 0 bridgehead atoms. The van der Waals surface area contributed by atoms with Crippen LogP contribution in [0.25, 0.3) is 0 Å². The first-order valence-corrected chi connectivity index (χ1v) is 11.2. The van der Waals surface area contributed by atoms with E-state index in [1.54, 1.807) is 36.2 Å². The molecule has 0 aliphatic carbocycles. The van der Waals surface area contributed by atoms with Crippen molar-refractivity contribution in [3.05, 3.63) is 51.2 Å². The van der Waals surface area contributed by atoms with Crippen molar-refractivity contribution in [1.82, 2.24) is 9.21 Å². The van der Waals surface area contributed by atoms with Gasteiger partial charge in [0, 0.05) is 23.0 Å². The minimum Gasteiger partial charge on any atom is -0.331 e. The fourth-order valence-electron chi connectivity index (χ4n) is 3.84. The molecule has 3 heterocycles. The van der Waals surface area contributed by atoms with Gasteiger partial charge >= 0.3 is 0 Å². The van der Waals surface area contributed by atoms with Crippen molar-refractivity contribution in [3.8, 4) is 0 Å². The Kier molecular flexibility index (Phi) is 4.16. The normalized spacial score (nSPS) is 20.7. The van der Waals surface area contributed by atoms with Crippen LogP contribution in [0.2, 0.25) is 0 Å². The maximum Gasteiger partial charge on any atom is 0.269 e. The predicted molar refractivity (Wildman–Crippen MR) is 102 cm³/mol. The molecule has 1 aromatic carbocycles. The predicted octanol–water partition coefficient (Wildman–Crippen LogP) is 3.06. The van der Waals surface area contributed by atoms with Crippen molar-refractivity contribution in [1.29, 1.82) is 0 Å². The fourth-order valence-corrected chi connectivity index (χ4v) is 6.60. The quantitative estimate of drug-likeness (QED) is 0.771. The van der Waals surface area contributed by atoms with Gasteiger partial charge in [0.15, 0.2) is 0 Å². The summed E-state index contributed by atoms with van der Waals surface area (Å²) in [5.74, 6) is -0.749. The molecule has 0 saturated heterocycles. The van der Waals surface area contributed by atoms with Gasteiger partial charge in [-0.1, -0.05) is 0 Å². The first-order chi connectivity index (χ1) is 12.7. The Balaban J connectivity index is 1.71. The number of amides is 2. The summed E-state index contributed by atoms with van der Waals surface area (Å²) in [7, 11) is -3.92. The van der Waals surface area contributed by atoms with E-state index >= 15 is 0 Å². The highest BCUT2D eigenvalue weighted by Crippen LogP contribution is 2.36. The molecule has 8 heteroatoms. The van der Waals surface area contributed by atoms with Crippen LogP contribution in [0.1, 0.15) is 58.0 Å². The number of thiophene rings is 1. The van der Waals surface area contributed by atoms with Gasteiger partial charge in [0.2, 0.25) is 0 Å². The van der Waals surface area contributed by atoms with E-state index in [0.717, 1.165) is 16.3 Å². The van der Waals surface area contributed by atoms with Crippen LogP contribution < -0.4 is 0 Å². The number of nitrogens with zero attached hydrogens (tertiary/aromatic N) is 2. The Hall–Kier alpha value is -2.19. The lowest BCUT2D eigenvalue weighted by molar-refractivity contribution is 0.0678.